The summed E-state index contributed by atoms with van der Waals surface area (Å²) in [6.45, 7) is 2.76. The maximum atomic E-state index is 11.5. The van der Waals surface area contributed by atoms with E-state index in [1.807, 2.05) is 17.9 Å². The number of nitrogens with one attached hydrogen (secondary N) is 1. The Labute approximate surface area is 104 Å². The monoisotopic (exact) mass is 252 g/mol. The first-order chi connectivity index (χ1) is 8.56. The van der Waals surface area contributed by atoms with Crippen molar-refractivity contribution in [3.05, 3.63) is 17.5 Å². The Morgan fingerprint density at radius 1 is 1.67 bits per heavy atom. The van der Waals surface area contributed by atoms with Gasteiger partial charge in [0.1, 0.15) is 11.5 Å². The smallest absolute Gasteiger partial charge is 0.318 e. The molecule has 1 fully saturated rings. The molecule has 1 saturated heterocycles. The number of nitrogens with zero attached hydrogens (tertiary/aromatic N) is 2. The molecule has 3 N–H and O–H groups in total. The lowest BCUT2D eigenvalue weighted by Crippen LogP contribution is -2.42. The lowest BCUT2D eigenvalue weighted by Gasteiger charge is -2.21. The van der Waals surface area contributed by atoms with Crippen molar-refractivity contribution in [1.29, 1.82) is 0 Å². The average Bonchev–Trinajstić information content (AvgIpc) is 2.85. The third kappa shape index (κ3) is 2.86. The highest BCUT2D eigenvalue weighted by molar-refractivity contribution is 5.94. The number of imide groups is 1. The van der Waals surface area contributed by atoms with Crippen LogP contribution in [0.5, 0.6) is 0 Å². The molecule has 2 heterocycles. The molecular formula is C11H16N4O3. The Morgan fingerprint density at radius 2 is 2.44 bits per heavy atom. The number of carbonyl (C=O) groups is 2. The summed E-state index contributed by atoms with van der Waals surface area (Å²) in [5, 5.41) is 6.04. The van der Waals surface area contributed by atoms with Gasteiger partial charge in [-0.05, 0) is 26.3 Å². The number of amides is 3. The van der Waals surface area contributed by atoms with Gasteiger partial charge < -0.3 is 10.3 Å². The zero-order valence-corrected chi connectivity index (χ0v) is 10.2. The van der Waals surface area contributed by atoms with Gasteiger partial charge in [-0.15, -0.1) is 0 Å². The number of carbonyl (C=O) groups excluding carboxylic acids is 2. The molecule has 98 valence electrons. The molecule has 2 rings (SSSR count). The van der Waals surface area contributed by atoms with E-state index in [-0.39, 0.29) is 12.6 Å². The van der Waals surface area contributed by atoms with Gasteiger partial charge in [0.25, 0.3) is 0 Å². The first-order valence-corrected chi connectivity index (χ1v) is 5.83. The molecule has 0 unspecified atom stereocenters. The molecule has 7 nitrogen and oxygen atoms in total. The summed E-state index contributed by atoms with van der Waals surface area (Å²) >= 11 is 0. The van der Waals surface area contributed by atoms with Crippen molar-refractivity contribution in [3.8, 4) is 0 Å². The van der Waals surface area contributed by atoms with E-state index in [1.54, 1.807) is 0 Å². The summed E-state index contributed by atoms with van der Waals surface area (Å²) < 4.78 is 5.04. The van der Waals surface area contributed by atoms with Crippen LogP contribution in [0.25, 0.3) is 0 Å². The largest absolute Gasteiger partial charge is 0.361 e. The van der Waals surface area contributed by atoms with Crippen LogP contribution in [-0.2, 0) is 4.79 Å². The minimum Gasteiger partial charge on any atom is -0.361 e. The predicted molar refractivity (Wildman–Crippen MR) is 62.5 cm³/mol. The molecule has 7 heteroatoms. The fourth-order valence-electron chi connectivity index (χ4n) is 2.25. The van der Waals surface area contributed by atoms with Crippen LogP contribution >= 0.6 is 0 Å². The van der Waals surface area contributed by atoms with Crippen molar-refractivity contribution in [1.82, 2.24) is 15.4 Å². The Morgan fingerprint density at radius 3 is 3.06 bits per heavy atom. The van der Waals surface area contributed by atoms with Crippen LogP contribution in [0.1, 0.15) is 30.3 Å². The van der Waals surface area contributed by atoms with E-state index >= 15 is 0 Å². The highest BCUT2D eigenvalue weighted by Crippen LogP contribution is 2.30. The van der Waals surface area contributed by atoms with Gasteiger partial charge in [0.05, 0.1) is 12.6 Å². The third-order valence-corrected chi connectivity index (χ3v) is 2.96. The predicted octanol–water partition coefficient (Wildman–Crippen LogP) is 0.315. The fraction of sp³-hybridized carbons (Fsp3) is 0.545. The minimum atomic E-state index is -0.826. The molecule has 0 radical (unpaired) electrons. The number of hydrogen-bond acceptors (Lipinski definition) is 5. The molecule has 0 aliphatic carbocycles. The number of nitrogens with two attached hydrogens (primary N) is 1. The maximum absolute atomic E-state index is 11.5. The summed E-state index contributed by atoms with van der Waals surface area (Å²) in [4.78, 5) is 24.0. The van der Waals surface area contributed by atoms with E-state index in [9.17, 15) is 9.59 Å². The van der Waals surface area contributed by atoms with Gasteiger partial charge in [-0.2, -0.15) is 0 Å². The first kappa shape index (κ1) is 12.6. The van der Waals surface area contributed by atoms with E-state index in [0.29, 0.717) is 0 Å². The number of urea groups is 1. The summed E-state index contributed by atoms with van der Waals surface area (Å²) in [5.74, 6) is 0.355. The molecule has 0 spiro atoms. The molecule has 3 amide bonds. The fourth-order valence-corrected chi connectivity index (χ4v) is 2.25. The van der Waals surface area contributed by atoms with Gasteiger partial charge in [0.2, 0.25) is 5.91 Å². The quantitative estimate of drug-likeness (QED) is 0.806. The Kier molecular flexibility index (Phi) is 3.61. The third-order valence-electron chi connectivity index (χ3n) is 2.96. The van der Waals surface area contributed by atoms with Crippen molar-refractivity contribution in [3.63, 3.8) is 0 Å². The molecule has 0 aromatic carbocycles. The molecule has 1 aliphatic rings. The van der Waals surface area contributed by atoms with Crippen molar-refractivity contribution in [2.24, 2.45) is 5.73 Å². The highest BCUT2D eigenvalue weighted by atomic mass is 16.5. The Hall–Kier alpha value is -1.89. The first-order valence-electron chi connectivity index (χ1n) is 5.83. The molecule has 0 saturated carbocycles. The standard InChI is InChI=1S/C11H16N4O3/c1-7-5-8(14-18-7)9-3-2-4-15(9)6-10(16)13-11(12)17/h5,9H,2-4,6H2,1H3,(H3,12,13,16,17)/t9-/m0/s1. The van der Waals surface area contributed by atoms with Gasteiger partial charge >= 0.3 is 6.03 Å². The van der Waals surface area contributed by atoms with Crippen LogP contribution in [0, 0.1) is 6.92 Å². The second kappa shape index (κ2) is 5.18. The molecular weight excluding hydrogens is 236 g/mol. The van der Waals surface area contributed by atoms with Gasteiger partial charge in [-0.1, -0.05) is 5.16 Å². The summed E-state index contributed by atoms with van der Waals surface area (Å²) in [6, 6.07) is 1.11. The second-order valence-electron chi connectivity index (χ2n) is 4.40. The molecule has 18 heavy (non-hydrogen) atoms. The summed E-state index contributed by atoms with van der Waals surface area (Å²) in [6.07, 6.45) is 1.91. The number of primary amides is 1. The topological polar surface area (TPSA) is 101 Å². The SMILES string of the molecule is Cc1cc([C@@H]2CCCN2CC(=O)NC(N)=O)no1. The second-order valence-corrected chi connectivity index (χ2v) is 4.40. The van der Waals surface area contributed by atoms with Crippen molar-refractivity contribution in [2.75, 3.05) is 13.1 Å². The Bertz CT molecular complexity index is 457. The molecule has 1 aliphatic heterocycles. The van der Waals surface area contributed by atoms with Gasteiger partial charge in [0, 0.05) is 6.07 Å². The molecule has 1 aromatic rings. The van der Waals surface area contributed by atoms with Crippen molar-refractivity contribution in [2.45, 2.75) is 25.8 Å². The number of likely N-dealkylation sites (tertiary alicyclic amines) is 1. The van der Waals surface area contributed by atoms with E-state index in [1.165, 1.54) is 0 Å². The lowest BCUT2D eigenvalue weighted by atomic mass is 10.1. The van der Waals surface area contributed by atoms with Crippen molar-refractivity contribution >= 4 is 11.9 Å². The highest BCUT2D eigenvalue weighted by Gasteiger charge is 2.29. The van der Waals surface area contributed by atoms with Gasteiger partial charge in [-0.3, -0.25) is 15.0 Å². The average molecular weight is 252 g/mol. The van der Waals surface area contributed by atoms with Gasteiger partial charge in [0.15, 0.2) is 0 Å². The number of hydrogen-bond donors (Lipinski definition) is 2. The van der Waals surface area contributed by atoms with Crippen LogP contribution in [0.3, 0.4) is 0 Å². The van der Waals surface area contributed by atoms with E-state index < -0.39 is 11.9 Å². The van der Waals surface area contributed by atoms with Crippen LogP contribution in [-0.4, -0.2) is 35.1 Å². The van der Waals surface area contributed by atoms with E-state index in [0.717, 1.165) is 30.8 Å². The number of rotatable bonds is 3. The minimum absolute atomic E-state index is 0.0704. The van der Waals surface area contributed by atoms with E-state index in [2.05, 4.69) is 10.5 Å². The van der Waals surface area contributed by atoms with Crippen molar-refractivity contribution < 1.29 is 14.1 Å². The summed E-state index contributed by atoms with van der Waals surface area (Å²) in [5.41, 5.74) is 5.73. The lowest BCUT2D eigenvalue weighted by molar-refractivity contribution is -0.121. The molecule has 0 bridgehead atoms. The van der Waals surface area contributed by atoms with Crippen LogP contribution in [0.4, 0.5) is 4.79 Å². The zero-order valence-electron chi connectivity index (χ0n) is 10.2. The number of aryl methyl sites for hydroxylation is 1. The van der Waals surface area contributed by atoms with Gasteiger partial charge in [-0.25, -0.2) is 4.79 Å². The zero-order chi connectivity index (χ0) is 13.1. The van der Waals surface area contributed by atoms with E-state index in [4.69, 9.17) is 10.3 Å². The van der Waals surface area contributed by atoms with Crippen LogP contribution in [0.15, 0.2) is 10.6 Å². The molecule has 1 atom stereocenters. The van der Waals surface area contributed by atoms with Crippen LogP contribution < -0.4 is 11.1 Å². The number of aromatic nitrogens is 1. The summed E-state index contributed by atoms with van der Waals surface area (Å²) in [7, 11) is 0. The normalized spacial score (nSPS) is 19.9. The molecule has 1 aromatic heterocycles. The van der Waals surface area contributed by atoms with Crippen LogP contribution in [0.2, 0.25) is 0 Å². The Balaban J connectivity index is 1.99. The maximum Gasteiger partial charge on any atom is 0.318 e.